The van der Waals surface area contributed by atoms with E-state index in [2.05, 4.69) is 18.5 Å². The van der Waals surface area contributed by atoms with Gasteiger partial charge in [-0.1, -0.05) is 12.2 Å². The molecule has 1 N–H and O–H groups in total. The van der Waals surface area contributed by atoms with Crippen molar-refractivity contribution in [1.29, 1.82) is 0 Å². The van der Waals surface area contributed by atoms with Crippen LogP contribution in [0.5, 0.6) is 0 Å². The summed E-state index contributed by atoms with van der Waals surface area (Å²) < 4.78 is 2.50. The van der Waals surface area contributed by atoms with Gasteiger partial charge in [-0.05, 0) is 0 Å². The maximum atomic E-state index is 11.8. The van der Waals surface area contributed by atoms with Gasteiger partial charge in [-0.2, -0.15) is 0 Å². The first-order chi connectivity index (χ1) is 7.61. The Morgan fingerprint density at radius 2 is 2.06 bits per heavy atom. The van der Waals surface area contributed by atoms with Crippen molar-refractivity contribution in [3.05, 3.63) is 52.2 Å². The summed E-state index contributed by atoms with van der Waals surface area (Å²) in [6, 6.07) is 1.38. The highest BCUT2D eigenvalue weighted by Crippen LogP contribution is 2.00. The van der Waals surface area contributed by atoms with Crippen molar-refractivity contribution in [1.82, 2.24) is 9.13 Å². The van der Waals surface area contributed by atoms with E-state index in [4.69, 9.17) is 0 Å². The Labute approximate surface area is 93.3 Å². The minimum atomic E-state index is -0.362. The number of aromatic nitrogens is 2. The average Bonchev–Trinajstić information content (AvgIpc) is 2.28. The Hall–Kier alpha value is -2.04. The summed E-state index contributed by atoms with van der Waals surface area (Å²) in [5.74, 6) is 0.480. The quantitative estimate of drug-likeness (QED) is 0.729. The van der Waals surface area contributed by atoms with Crippen LogP contribution in [0.2, 0.25) is 0 Å². The number of allylic oxidation sites excluding steroid dienone is 1. The molecule has 0 radical (unpaired) electrons. The van der Waals surface area contributed by atoms with E-state index in [0.717, 1.165) is 4.57 Å². The minimum absolute atomic E-state index is 0.336. The molecular formula is C11H15N3O2. The van der Waals surface area contributed by atoms with Gasteiger partial charge in [0.25, 0.3) is 5.56 Å². The predicted molar refractivity (Wildman–Crippen MR) is 64.8 cm³/mol. The molecule has 0 amide bonds. The van der Waals surface area contributed by atoms with E-state index >= 15 is 0 Å². The molecule has 0 aliphatic rings. The predicted octanol–water partition coefficient (Wildman–Crippen LogP) is 0.331. The van der Waals surface area contributed by atoms with E-state index in [0.29, 0.717) is 18.9 Å². The highest BCUT2D eigenvalue weighted by molar-refractivity contribution is 5.35. The molecule has 86 valence electrons. The minimum Gasteiger partial charge on any atom is -0.368 e. The fourth-order valence-corrected chi connectivity index (χ4v) is 1.30. The summed E-state index contributed by atoms with van der Waals surface area (Å²) in [6.45, 7) is 7.98. The Morgan fingerprint density at radius 3 is 2.62 bits per heavy atom. The first-order valence-corrected chi connectivity index (χ1v) is 4.88. The molecule has 0 aliphatic heterocycles. The Balaban J connectivity index is 3.34. The fourth-order valence-electron chi connectivity index (χ4n) is 1.30. The van der Waals surface area contributed by atoms with Gasteiger partial charge in [0.15, 0.2) is 0 Å². The molecule has 1 heterocycles. The van der Waals surface area contributed by atoms with E-state index in [-0.39, 0.29) is 11.2 Å². The molecule has 0 aliphatic carbocycles. The van der Waals surface area contributed by atoms with Crippen LogP contribution in [0, 0.1) is 0 Å². The van der Waals surface area contributed by atoms with Crippen LogP contribution < -0.4 is 16.6 Å². The number of rotatable bonds is 5. The highest BCUT2D eigenvalue weighted by atomic mass is 16.2. The van der Waals surface area contributed by atoms with Crippen LogP contribution in [0.3, 0.4) is 0 Å². The fraction of sp³-hybridized carbons (Fsp3) is 0.273. The van der Waals surface area contributed by atoms with E-state index in [1.807, 2.05) is 0 Å². The molecule has 0 fully saturated rings. The molecule has 0 atom stereocenters. The number of nitrogens with zero attached hydrogens (tertiary/aromatic N) is 2. The van der Waals surface area contributed by atoms with Crippen molar-refractivity contribution in [2.45, 2.75) is 6.54 Å². The standard InChI is InChI=1S/C11H15N3O2/c1-4-6-12-9-8-10(15)13(3)11(16)14(9)7-5-2/h4-5,8,12H,1-2,6-7H2,3H3. The van der Waals surface area contributed by atoms with Crippen molar-refractivity contribution in [3.63, 3.8) is 0 Å². The molecule has 1 aromatic rings. The van der Waals surface area contributed by atoms with Crippen LogP contribution >= 0.6 is 0 Å². The summed E-state index contributed by atoms with van der Waals surface area (Å²) in [5, 5.41) is 2.94. The lowest BCUT2D eigenvalue weighted by Crippen LogP contribution is -2.38. The second-order valence-corrected chi connectivity index (χ2v) is 3.28. The lowest BCUT2D eigenvalue weighted by atomic mass is 10.4. The molecule has 1 aromatic heterocycles. The van der Waals surface area contributed by atoms with Gasteiger partial charge in [0.2, 0.25) is 0 Å². The number of hydrogen-bond acceptors (Lipinski definition) is 3. The third-order valence-corrected chi connectivity index (χ3v) is 2.14. The van der Waals surface area contributed by atoms with Crippen LogP contribution in [0.1, 0.15) is 0 Å². The maximum absolute atomic E-state index is 11.8. The van der Waals surface area contributed by atoms with Crippen LogP contribution in [0.25, 0.3) is 0 Å². The smallest absolute Gasteiger partial charge is 0.332 e. The Morgan fingerprint density at radius 1 is 1.38 bits per heavy atom. The van der Waals surface area contributed by atoms with E-state index < -0.39 is 0 Å². The molecule has 5 nitrogen and oxygen atoms in total. The van der Waals surface area contributed by atoms with Crippen molar-refractivity contribution in [2.75, 3.05) is 11.9 Å². The molecular weight excluding hydrogens is 206 g/mol. The molecule has 0 saturated heterocycles. The number of nitrogens with one attached hydrogen (secondary N) is 1. The maximum Gasteiger partial charge on any atom is 0.332 e. The Bertz CT molecular complexity index is 511. The largest absolute Gasteiger partial charge is 0.368 e. The number of hydrogen-bond donors (Lipinski definition) is 1. The van der Waals surface area contributed by atoms with Gasteiger partial charge in [0.1, 0.15) is 5.82 Å². The summed E-state index contributed by atoms with van der Waals surface area (Å²) in [5.41, 5.74) is -0.698. The van der Waals surface area contributed by atoms with Gasteiger partial charge in [0.05, 0.1) is 0 Å². The van der Waals surface area contributed by atoms with Crippen molar-refractivity contribution in [3.8, 4) is 0 Å². The third-order valence-electron chi connectivity index (χ3n) is 2.14. The van der Waals surface area contributed by atoms with E-state index in [9.17, 15) is 9.59 Å². The van der Waals surface area contributed by atoms with Crippen molar-refractivity contribution < 1.29 is 0 Å². The summed E-state index contributed by atoms with van der Waals surface area (Å²) in [7, 11) is 1.45. The van der Waals surface area contributed by atoms with Crippen LogP contribution in [0.4, 0.5) is 5.82 Å². The zero-order chi connectivity index (χ0) is 12.1. The molecule has 0 spiro atoms. The van der Waals surface area contributed by atoms with E-state index in [1.54, 1.807) is 12.2 Å². The normalized spacial score (nSPS) is 9.81. The van der Waals surface area contributed by atoms with Gasteiger partial charge in [-0.15, -0.1) is 13.2 Å². The van der Waals surface area contributed by atoms with Gasteiger partial charge >= 0.3 is 5.69 Å². The molecule has 0 aromatic carbocycles. The van der Waals surface area contributed by atoms with Gasteiger partial charge in [-0.3, -0.25) is 13.9 Å². The van der Waals surface area contributed by atoms with Crippen molar-refractivity contribution >= 4 is 5.82 Å². The van der Waals surface area contributed by atoms with E-state index in [1.165, 1.54) is 17.7 Å². The molecule has 0 bridgehead atoms. The Kier molecular flexibility index (Phi) is 3.88. The first kappa shape index (κ1) is 12.0. The SMILES string of the molecule is C=CCNc1cc(=O)n(C)c(=O)n1CC=C. The average molecular weight is 221 g/mol. The summed E-state index contributed by atoms with van der Waals surface area (Å²) in [6.07, 6.45) is 3.26. The highest BCUT2D eigenvalue weighted by Gasteiger charge is 2.06. The molecule has 1 rings (SSSR count). The second kappa shape index (κ2) is 5.16. The van der Waals surface area contributed by atoms with Gasteiger partial charge < -0.3 is 5.32 Å². The molecule has 0 saturated carbocycles. The second-order valence-electron chi connectivity index (χ2n) is 3.28. The topological polar surface area (TPSA) is 56.0 Å². The molecule has 0 unspecified atom stereocenters. The van der Waals surface area contributed by atoms with Crippen LogP contribution in [0.15, 0.2) is 41.0 Å². The summed E-state index contributed by atoms with van der Waals surface area (Å²) >= 11 is 0. The van der Waals surface area contributed by atoms with Crippen molar-refractivity contribution in [2.24, 2.45) is 7.05 Å². The zero-order valence-electron chi connectivity index (χ0n) is 9.27. The molecule has 16 heavy (non-hydrogen) atoms. The van der Waals surface area contributed by atoms with Gasteiger partial charge in [-0.25, -0.2) is 4.79 Å². The monoisotopic (exact) mass is 221 g/mol. The summed E-state index contributed by atoms with van der Waals surface area (Å²) in [4.78, 5) is 23.2. The van der Waals surface area contributed by atoms with Crippen LogP contribution in [-0.4, -0.2) is 15.7 Å². The van der Waals surface area contributed by atoms with Gasteiger partial charge in [0, 0.05) is 26.2 Å². The third kappa shape index (κ3) is 2.31. The molecule has 5 heteroatoms. The first-order valence-electron chi connectivity index (χ1n) is 4.88. The zero-order valence-corrected chi connectivity index (χ0v) is 9.27. The lowest BCUT2D eigenvalue weighted by molar-refractivity contribution is 0.660. The lowest BCUT2D eigenvalue weighted by Gasteiger charge is -2.12. The van der Waals surface area contributed by atoms with Crippen LogP contribution in [-0.2, 0) is 13.6 Å². The number of anilines is 1.